The Hall–Kier alpha value is -4.06. The van der Waals surface area contributed by atoms with Crippen molar-refractivity contribution in [3.05, 3.63) is 96.2 Å². The molecule has 0 aliphatic heterocycles. The number of rotatable bonds is 5. The Kier molecular flexibility index (Phi) is 5.92. The number of hydrogen-bond acceptors (Lipinski definition) is 5. The zero-order valence-electron chi connectivity index (χ0n) is 17.0. The maximum atomic E-state index is 13.7. The van der Waals surface area contributed by atoms with Gasteiger partial charge in [0.1, 0.15) is 5.82 Å². The monoisotopic (exact) mass is 490 g/mol. The summed E-state index contributed by atoms with van der Waals surface area (Å²) in [5.74, 6) is -1.81. The van der Waals surface area contributed by atoms with Gasteiger partial charge in [-0.1, -0.05) is 6.07 Å². The normalized spacial score (nSPS) is 11.9. The Labute approximate surface area is 190 Å². The molecule has 34 heavy (non-hydrogen) atoms. The standard InChI is InChI=1S/C22H14F4N4O3S/c23-14-4-8-16(9-5-14)34(32,33)17-10-6-15(7-11-17)29-21(31)18-13-28-30(20(18)22(24,25)26)19-3-1-2-12-27-19/h1-13H,(H,29,31). The van der Waals surface area contributed by atoms with Gasteiger partial charge < -0.3 is 5.32 Å². The number of nitrogens with zero attached hydrogens (tertiary/aromatic N) is 3. The molecule has 1 amide bonds. The van der Waals surface area contributed by atoms with Crippen LogP contribution in [0.4, 0.5) is 23.2 Å². The number of anilines is 1. The molecule has 0 aliphatic carbocycles. The van der Waals surface area contributed by atoms with Gasteiger partial charge in [-0.2, -0.15) is 18.3 Å². The summed E-state index contributed by atoms with van der Waals surface area (Å²) in [7, 11) is -3.95. The van der Waals surface area contributed by atoms with Crippen LogP contribution in [0.15, 0.2) is 88.9 Å². The molecule has 0 saturated heterocycles. The van der Waals surface area contributed by atoms with Crippen LogP contribution in [0.1, 0.15) is 16.1 Å². The van der Waals surface area contributed by atoms with Gasteiger partial charge in [-0.25, -0.2) is 22.5 Å². The largest absolute Gasteiger partial charge is 0.434 e. The molecule has 1 N–H and O–H groups in total. The molecule has 0 saturated carbocycles. The first-order valence-corrected chi connectivity index (χ1v) is 11.0. The van der Waals surface area contributed by atoms with Gasteiger partial charge in [0.15, 0.2) is 11.5 Å². The van der Waals surface area contributed by atoms with E-state index >= 15 is 0 Å². The average molecular weight is 490 g/mol. The van der Waals surface area contributed by atoms with Crippen molar-refractivity contribution in [3.63, 3.8) is 0 Å². The molecule has 2 heterocycles. The van der Waals surface area contributed by atoms with E-state index in [1.54, 1.807) is 0 Å². The van der Waals surface area contributed by atoms with Gasteiger partial charge in [0, 0.05) is 11.9 Å². The predicted octanol–water partition coefficient (Wildman–Crippen LogP) is 4.51. The molecule has 12 heteroatoms. The summed E-state index contributed by atoms with van der Waals surface area (Å²) in [6.07, 6.45) is -2.84. The lowest BCUT2D eigenvalue weighted by Crippen LogP contribution is -2.21. The SMILES string of the molecule is O=C(Nc1ccc(S(=O)(=O)c2ccc(F)cc2)cc1)c1cnn(-c2ccccn2)c1C(F)(F)F. The van der Waals surface area contributed by atoms with Gasteiger partial charge in [0.25, 0.3) is 5.91 Å². The van der Waals surface area contributed by atoms with Gasteiger partial charge in [0.2, 0.25) is 9.84 Å². The van der Waals surface area contributed by atoms with Crippen LogP contribution in [0, 0.1) is 5.82 Å². The van der Waals surface area contributed by atoms with Gasteiger partial charge in [-0.15, -0.1) is 0 Å². The molecule has 0 aliphatic rings. The summed E-state index contributed by atoms with van der Waals surface area (Å²) in [4.78, 5) is 16.2. The molecule has 7 nitrogen and oxygen atoms in total. The number of benzene rings is 2. The summed E-state index contributed by atoms with van der Waals surface area (Å²) >= 11 is 0. The highest BCUT2D eigenvalue weighted by atomic mass is 32.2. The fourth-order valence-corrected chi connectivity index (χ4v) is 4.37. The molecule has 0 fully saturated rings. The lowest BCUT2D eigenvalue weighted by atomic mass is 10.2. The molecule has 4 aromatic rings. The van der Waals surface area contributed by atoms with E-state index in [-0.39, 0.29) is 21.3 Å². The number of pyridine rings is 1. The van der Waals surface area contributed by atoms with Gasteiger partial charge in [0.05, 0.1) is 21.6 Å². The second-order valence-corrected chi connectivity index (χ2v) is 8.89. The number of amides is 1. The van der Waals surface area contributed by atoms with Crippen molar-refractivity contribution in [2.24, 2.45) is 0 Å². The summed E-state index contributed by atoms with van der Waals surface area (Å²) in [5, 5.41) is 5.97. The third-order valence-corrected chi connectivity index (χ3v) is 6.48. The zero-order valence-corrected chi connectivity index (χ0v) is 17.8. The van der Waals surface area contributed by atoms with E-state index in [1.165, 1.54) is 48.7 Å². The van der Waals surface area contributed by atoms with E-state index in [4.69, 9.17) is 0 Å². The molecule has 4 rings (SSSR count). The Morgan fingerprint density at radius 1 is 0.912 bits per heavy atom. The van der Waals surface area contributed by atoms with Crippen LogP contribution in [0.25, 0.3) is 5.82 Å². The molecule has 0 bridgehead atoms. The van der Waals surface area contributed by atoms with Crippen molar-refractivity contribution in [1.29, 1.82) is 0 Å². The molecule has 2 aromatic carbocycles. The first-order chi connectivity index (χ1) is 16.1. The molecule has 0 unspecified atom stereocenters. The predicted molar refractivity (Wildman–Crippen MR) is 113 cm³/mol. The lowest BCUT2D eigenvalue weighted by Gasteiger charge is -2.12. The number of carbonyl (C=O) groups is 1. The minimum Gasteiger partial charge on any atom is -0.322 e. The Morgan fingerprint density at radius 3 is 2.09 bits per heavy atom. The van der Waals surface area contributed by atoms with Crippen LogP contribution >= 0.6 is 0 Å². The second-order valence-electron chi connectivity index (χ2n) is 6.94. The number of carbonyl (C=O) groups excluding carboxylic acids is 1. The molecule has 0 spiro atoms. The van der Waals surface area contributed by atoms with Crippen LogP contribution in [0.5, 0.6) is 0 Å². The van der Waals surface area contributed by atoms with Crippen molar-refractivity contribution in [2.45, 2.75) is 16.0 Å². The highest BCUT2D eigenvalue weighted by Gasteiger charge is 2.41. The molecular formula is C22H14F4N4O3S. The molecule has 2 aromatic heterocycles. The quantitative estimate of drug-likeness (QED) is 0.328. The van der Waals surface area contributed by atoms with Gasteiger partial charge in [-0.3, -0.25) is 4.79 Å². The highest BCUT2D eigenvalue weighted by molar-refractivity contribution is 7.91. The van der Waals surface area contributed by atoms with Crippen molar-refractivity contribution >= 4 is 21.4 Å². The first-order valence-electron chi connectivity index (χ1n) is 9.56. The summed E-state index contributed by atoms with van der Waals surface area (Å²) in [6.45, 7) is 0. The Balaban J connectivity index is 1.60. The second kappa shape index (κ2) is 8.71. The maximum absolute atomic E-state index is 13.7. The first kappa shape index (κ1) is 23.1. The van der Waals surface area contributed by atoms with Crippen LogP contribution in [0.2, 0.25) is 0 Å². The van der Waals surface area contributed by atoms with Crippen LogP contribution < -0.4 is 5.32 Å². The third-order valence-electron chi connectivity index (χ3n) is 4.70. The zero-order chi connectivity index (χ0) is 24.5. The lowest BCUT2D eigenvalue weighted by molar-refractivity contribution is -0.143. The molecule has 0 radical (unpaired) electrons. The van der Waals surface area contributed by atoms with Crippen LogP contribution in [-0.2, 0) is 16.0 Å². The van der Waals surface area contributed by atoms with Crippen LogP contribution in [0.3, 0.4) is 0 Å². The van der Waals surface area contributed by atoms with E-state index in [1.807, 2.05) is 0 Å². The van der Waals surface area contributed by atoms with Crippen molar-refractivity contribution < 1.29 is 30.8 Å². The number of hydrogen-bond donors (Lipinski definition) is 1. The highest BCUT2D eigenvalue weighted by Crippen LogP contribution is 2.33. The maximum Gasteiger partial charge on any atom is 0.434 e. The molecule has 174 valence electrons. The fraction of sp³-hybridized carbons (Fsp3) is 0.0455. The van der Waals surface area contributed by atoms with E-state index in [0.29, 0.717) is 4.68 Å². The van der Waals surface area contributed by atoms with E-state index < -0.39 is 39.0 Å². The molecule has 0 atom stereocenters. The number of sulfone groups is 1. The molecular weight excluding hydrogens is 476 g/mol. The van der Waals surface area contributed by atoms with E-state index in [0.717, 1.165) is 30.5 Å². The third kappa shape index (κ3) is 4.53. The number of alkyl halides is 3. The summed E-state index contributed by atoms with van der Waals surface area (Å²) in [5.41, 5.74) is -1.98. The number of halogens is 4. The number of nitrogens with one attached hydrogen (secondary N) is 1. The number of aromatic nitrogens is 3. The van der Waals surface area contributed by atoms with Crippen LogP contribution in [-0.4, -0.2) is 29.1 Å². The van der Waals surface area contributed by atoms with Crippen molar-refractivity contribution in [2.75, 3.05) is 5.32 Å². The average Bonchev–Trinajstić information content (AvgIpc) is 3.27. The van der Waals surface area contributed by atoms with Gasteiger partial charge >= 0.3 is 6.18 Å². The van der Waals surface area contributed by atoms with E-state index in [9.17, 15) is 30.8 Å². The minimum atomic E-state index is -4.91. The minimum absolute atomic E-state index is 0.0572. The topological polar surface area (TPSA) is 94.0 Å². The Morgan fingerprint density at radius 2 is 1.53 bits per heavy atom. The smallest absolute Gasteiger partial charge is 0.322 e. The Bertz CT molecular complexity index is 1430. The fourth-order valence-electron chi connectivity index (χ4n) is 3.11. The van der Waals surface area contributed by atoms with Crippen molar-refractivity contribution in [1.82, 2.24) is 14.8 Å². The summed E-state index contributed by atoms with van der Waals surface area (Å²) in [6, 6.07) is 13.3. The summed E-state index contributed by atoms with van der Waals surface area (Å²) < 4.78 is 80.1. The van der Waals surface area contributed by atoms with Crippen molar-refractivity contribution in [3.8, 4) is 5.82 Å². The van der Waals surface area contributed by atoms with Gasteiger partial charge in [-0.05, 0) is 60.7 Å². The van der Waals surface area contributed by atoms with E-state index in [2.05, 4.69) is 15.4 Å².